The van der Waals surface area contributed by atoms with Crippen molar-refractivity contribution in [3.8, 4) is 0 Å². The number of aromatic nitrogens is 3. The normalized spacial score (nSPS) is 16.3. The summed E-state index contributed by atoms with van der Waals surface area (Å²) in [6, 6.07) is 3.85. The van der Waals surface area contributed by atoms with Gasteiger partial charge in [-0.1, -0.05) is 0 Å². The summed E-state index contributed by atoms with van der Waals surface area (Å²) >= 11 is 0. The van der Waals surface area contributed by atoms with Crippen LogP contribution < -0.4 is 5.73 Å². The Bertz CT molecular complexity index is 586. The van der Waals surface area contributed by atoms with Gasteiger partial charge in [0.2, 0.25) is 11.9 Å². The van der Waals surface area contributed by atoms with Crippen molar-refractivity contribution < 1.29 is 9.21 Å². The molecule has 1 aliphatic heterocycles. The number of anilines is 1. The molecule has 1 aliphatic rings. The van der Waals surface area contributed by atoms with Gasteiger partial charge in [0.1, 0.15) is 18.6 Å². The number of carbonyl (C=O) groups is 1. The fraction of sp³-hybridized carbons (Fsp3) is 0.462. The lowest BCUT2D eigenvalue weighted by Crippen LogP contribution is -2.49. The minimum absolute atomic E-state index is 0.0394. The molecule has 2 aromatic rings. The largest absolute Gasteiger partial charge is 0.468 e. The summed E-state index contributed by atoms with van der Waals surface area (Å²) in [6.45, 7) is 4.07. The third kappa shape index (κ3) is 3.40. The second kappa shape index (κ2) is 5.96. The molecule has 0 atom stereocenters. The van der Waals surface area contributed by atoms with Crippen LogP contribution in [0.3, 0.4) is 0 Å². The molecule has 1 saturated heterocycles. The van der Waals surface area contributed by atoms with Gasteiger partial charge in [0.25, 0.3) is 0 Å². The summed E-state index contributed by atoms with van der Waals surface area (Å²) in [7, 11) is 0. The van der Waals surface area contributed by atoms with Gasteiger partial charge in [-0.15, -0.1) is 5.10 Å². The monoisotopic (exact) mass is 290 g/mol. The average molecular weight is 290 g/mol. The molecule has 112 valence electrons. The van der Waals surface area contributed by atoms with Gasteiger partial charge in [-0.05, 0) is 12.1 Å². The second-order valence-corrected chi connectivity index (χ2v) is 5.04. The molecule has 0 aromatic carbocycles. The molecule has 2 N–H and O–H groups in total. The predicted molar refractivity (Wildman–Crippen MR) is 75.0 cm³/mol. The summed E-state index contributed by atoms with van der Waals surface area (Å²) < 4.78 is 6.80. The number of amides is 1. The van der Waals surface area contributed by atoms with Crippen LogP contribution in [0.2, 0.25) is 0 Å². The van der Waals surface area contributed by atoms with Crippen LogP contribution in [0.1, 0.15) is 5.76 Å². The number of furan rings is 1. The number of nitrogen functional groups attached to an aromatic ring is 1. The summed E-state index contributed by atoms with van der Waals surface area (Å²) in [5, 5.41) is 3.92. The van der Waals surface area contributed by atoms with E-state index in [2.05, 4.69) is 15.0 Å². The lowest BCUT2D eigenvalue weighted by atomic mass is 10.3. The third-order valence-corrected chi connectivity index (χ3v) is 3.54. The summed E-state index contributed by atoms with van der Waals surface area (Å²) in [5.74, 6) is 1.18. The quantitative estimate of drug-likeness (QED) is 0.838. The van der Waals surface area contributed by atoms with Crippen molar-refractivity contribution in [2.45, 2.75) is 13.1 Å². The predicted octanol–water partition coefficient (Wildman–Crippen LogP) is -0.202. The second-order valence-electron chi connectivity index (χ2n) is 5.04. The zero-order chi connectivity index (χ0) is 14.7. The van der Waals surface area contributed by atoms with Crippen LogP contribution in [0.4, 0.5) is 5.95 Å². The van der Waals surface area contributed by atoms with Gasteiger partial charge in [-0.25, -0.2) is 9.67 Å². The maximum Gasteiger partial charge on any atom is 0.244 e. The highest BCUT2D eigenvalue weighted by Crippen LogP contribution is 2.09. The minimum Gasteiger partial charge on any atom is -0.468 e. The van der Waals surface area contributed by atoms with Crippen LogP contribution in [0, 0.1) is 0 Å². The van der Waals surface area contributed by atoms with Crippen LogP contribution in [-0.4, -0.2) is 56.7 Å². The first kappa shape index (κ1) is 13.6. The van der Waals surface area contributed by atoms with Gasteiger partial charge >= 0.3 is 0 Å². The zero-order valence-electron chi connectivity index (χ0n) is 11.7. The molecule has 1 fully saturated rings. The molecule has 3 heterocycles. The van der Waals surface area contributed by atoms with E-state index in [1.54, 1.807) is 6.26 Å². The van der Waals surface area contributed by atoms with Crippen molar-refractivity contribution in [2.75, 3.05) is 31.9 Å². The zero-order valence-corrected chi connectivity index (χ0v) is 11.7. The molecule has 8 heteroatoms. The lowest BCUT2D eigenvalue weighted by molar-refractivity contribution is -0.133. The molecular weight excluding hydrogens is 272 g/mol. The number of rotatable bonds is 4. The number of nitrogens with zero attached hydrogens (tertiary/aromatic N) is 5. The maximum atomic E-state index is 12.2. The van der Waals surface area contributed by atoms with Crippen LogP contribution in [0.5, 0.6) is 0 Å². The number of hydrogen-bond donors (Lipinski definition) is 1. The topological polar surface area (TPSA) is 93.4 Å². The van der Waals surface area contributed by atoms with Gasteiger partial charge in [-0.3, -0.25) is 9.69 Å². The van der Waals surface area contributed by atoms with E-state index in [4.69, 9.17) is 10.2 Å². The number of hydrogen-bond acceptors (Lipinski definition) is 6. The fourth-order valence-corrected chi connectivity index (χ4v) is 2.40. The fourth-order valence-electron chi connectivity index (χ4n) is 2.40. The van der Waals surface area contributed by atoms with E-state index in [9.17, 15) is 4.79 Å². The Morgan fingerprint density at radius 1 is 1.33 bits per heavy atom. The lowest BCUT2D eigenvalue weighted by Gasteiger charge is -2.34. The van der Waals surface area contributed by atoms with Crippen molar-refractivity contribution >= 4 is 11.9 Å². The Morgan fingerprint density at radius 2 is 2.14 bits per heavy atom. The van der Waals surface area contributed by atoms with Crippen molar-refractivity contribution in [3.63, 3.8) is 0 Å². The van der Waals surface area contributed by atoms with E-state index in [-0.39, 0.29) is 18.4 Å². The first-order valence-corrected chi connectivity index (χ1v) is 6.88. The minimum atomic E-state index is 0.0394. The molecule has 0 radical (unpaired) electrons. The Labute approximate surface area is 122 Å². The highest BCUT2D eigenvalue weighted by molar-refractivity contribution is 5.76. The van der Waals surface area contributed by atoms with Gasteiger partial charge in [-0.2, -0.15) is 0 Å². The van der Waals surface area contributed by atoms with Crippen molar-refractivity contribution in [1.82, 2.24) is 24.6 Å². The Kier molecular flexibility index (Phi) is 3.87. The van der Waals surface area contributed by atoms with Gasteiger partial charge in [0, 0.05) is 26.2 Å². The smallest absolute Gasteiger partial charge is 0.244 e. The maximum absolute atomic E-state index is 12.2. The van der Waals surface area contributed by atoms with Gasteiger partial charge in [0.05, 0.1) is 12.8 Å². The number of piperazine rings is 1. The molecule has 3 rings (SSSR count). The Balaban J connectivity index is 1.47. The third-order valence-electron chi connectivity index (χ3n) is 3.54. The molecule has 0 bridgehead atoms. The molecule has 0 aliphatic carbocycles. The van der Waals surface area contributed by atoms with E-state index < -0.39 is 0 Å². The van der Waals surface area contributed by atoms with E-state index in [0.29, 0.717) is 13.1 Å². The molecule has 0 spiro atoms. The molecule has 2 aromatic heterocycles. The van der Waals surface area contributed by atoms with E-state index in [1.165, 1.54) is 11.0 Å². The van der Waals surface area contributed by atoms with Gasteiger partial charge < -0.3 is 15.1 Å². The molecule has 0 saturated carbocycles. The van der Waals surface area contributed by atoms with E-state index in [1.807, 2.05) is 17.0 Å². The van der Waals surface area contributed by atoms with E-state index >= 15 is 0 Å². The first-order chi connectivity index (χ1) is 10.2. The van der Waals surface area contributed by atoms with Crippen LogP contribution in [-0.2, 0) is 17.9 Å². The summed E-state index contributed by atoms with van der Waals surface area (Å²) in [5.41, 5.74) is 5.43. The number of carbonyl (C=O) groups excluding carboxylic acids is 1. The van der Waals surface area contributed by atoms with E-state index in [0.717, 1.165) is 25.4 Å². The van der Waals surface area contributed by atoms with Gasteiger partial charge in [0.15, 0.2) is 0 Å². The standard InChI is InChI=1S/C13H18N6O2/c14-13-15-10-19(16-13)9-12(20)18-5-3-17(4-6-18)8-11-2-1-7-21-11/h1-2,7,10H,3-6,8-9H2,(H2,14,16). The number of nitrogens with two attached hydrogens (primary N) is 1. The first-order valence-electron chi connectivity index (χ1n) is 6.88. The molecule has 8 nitrogen and oxygen atoms in total. The van der Waals surface area contributed by atoms with Crippen molar-refractivity contribution in [2.24, 2.45) is 0 Å². The van der Waals surface area contributed by atoms with Crippen LogP contribution in [0.25, 0.3) is 0 Å². The SMILES string of the molecule is Nc1ncn(CC(=O)N2CCN(Cc3ccco3)CC2)n1. The average Bonchev–Trinajstić information content (AvgIpc) is 3.12. The summed E-state index contributed by atoms with van der Waals surface area (Å²) in [6.07, 6.45) is 3.15. The molecular formula is C13H18N6O2. The molecule has 1 amide bonds. The highest BCUT2D eigenvalue weighted by atomic mass is 16.3. The Hall–Kier alpha value is -2.35. The Morgan fingerprint density at radius 3 is 2.76 bits per heavy atom. The van der Waals surface area contributed by atoms with Crippen LogP contribution in [0.15, 0.2) is 29.1 Å². The van der Waals surface area contributed by atoms with Crippen molar-refractivity contribution in [1.29, 1.82) is 0 Å². The van der Waals surface area contributed by atoms with Crippen LogP contribution >= 0.6 is 0 Å². The highest BCUT2D eigenvalue weighted by Gasteiger charge is 2.22. The molecule has 21 heavy (non-hydrogen) atoms. The summed E-state index contributed by atoms with van der Waals surface area (Å²) in [4.78, 5) is 20.1. The molecule has 0 unspecified atom stereocenters. The van der Waals surface area contributed by atoms with Crippen molar-refractivity contribution in [3.05, 3.63) is 30.5 Å².